The van der Waals surface area contributed by atoms with Gasteiger partial charge in [0.1, 0.15) is 19.0 Å². The van der Waals surface area contributed by atoms with E-state index in [0.717, 1.165) is 5.75 Å². The Morgan fingerprint density at radius 3 is 2.50 bits per heavy atom. The zero-order chi connectivity index (χ0) is 13.2. The van der Waals surface area contributed by atoms with Gasteiger partial charge in [0.05, 0.1) is 13.1 Å². The molecule has 0 saturated heterocycles. The van der Waals surface area contributed by atoms with E-state index in [2.05, 4.69) is 5.32 Å². The number of amides is 1. The number of primary amides is 1. The van der Waals surface area contributed by atoms with Gasteiger partial charge in [-0.15, -0.1) is 0 Å². The van der Waals surface area contributed by atoms with Crippen molar-refractivity contribution in [2.75, 3.05) is 26.3 Å². The molecule has 0 atom stereocenters. The van der Waals surface area contributed by atoms with E-state index in [0.29, 0.717) is 0 Å². The number of para-hydroxylation sites is 1. The number of hydrogen-bond donors (Lipinski definition) is 2. The lowest BCUT2D eigenvalue weighted by molar-refractivity contribution is -0.143. The van der Waals surface area contributed by atoms with Gasteiger partial charge in [0, 0.05) is 0 Å². The summed E-state index contributed by atoms with van der Waals surface area (Å²) in [7, 11) is 0. The van der Waals surface area contributed by atoms with Crippen molar-refractivity contribution in [2.24, 2.45) is 5.73 Å². The van der Waals surface area contributed by atoms with E-state index in [1.807, 2.05) is 30.3 Å². The summed E-state index contributed by atoms with van der Waals surface area (Å²) < 4.78 is 10.2. The maximum Gasteiger partial charge on any atom is 0.320 e. The number of carbonyl (C=O) groups excluding carboxylic acids is 2. The molecule has 0 heterocycles. The van der Waals surface area contributed by atoms with Crippen molar-refractivity contribution in [3.63, 3.8) is 0 Å². The maximum atomic E-state index is 11.1. The van der Waals surface area contributed by atoms with Crippen molar-refractivity contribution < 1.29 is 19.1 Å². The maximum absolute atomic E-state index is 11.1. The van der Waals surface area contributed by atoms with Crippen LogP contribution in [0.15, 0.2) is 30.3 Å². The van der Waals surface area contributed by atoms with Gasteiger partial charge in [-0.05, 0) is 12.1 Å². The molecule has 98 valence electrons. The van der Waals surface area contributed by atoms with Gasteiger partial charge in [-0.25, -0.2) is 0 Å². The second kappa shape index (κ2) is 8.08. The van der Waals surface area contributed by atoms with Crippen molar-refractivity contribution in [2.45, 2.75) is 0 Å². The highest BCUT2D eigenvalue weighted by Crippen LogP contribution is 2.07. The molecule has 1 amide bonds. The van der Waals surface area contributed by atoms with Crippen molar-refractivity contribution in [3.8, 4) is 5.75 Å². The number of ether oxygens (including phenoxy) is 2. The summed E-state index contributed by atoms with van der Waals surface area (Å²) in [5.41, 5.74) is 4.89. The van der Waals surface area contributed by atoms with Crippen LogP contribution in [-0.2, 0) is 14.3 Å². The smallest absolute Gasteiger partial charge is 0.320 e. The van der Waals surface area contributed by atoms with Gasteiger partial charge in [0.2, 0.25) is 5.91 Å². The minimum atomic E-state index is -0.518. The van der Waals surface area contributed by atoms with E-state index >= 15 is 0 Å². The molecule has 6 heteroatoms. The molecule has 0 unspecified atom stereocenters. The summed E-state index contributed by atoms with van der Waals surface area (Å²) in [6.07, 6.45) is 0. The number of benzene rings is 1. The van der Waals surface area contributed by atoms with Crippen LogP contribution < -0.4 is 15.8 Å². The molecule has 3 N–H and O–H groups in total. The van der Waals surface area contributed by atoms with Gasteiger partial charge in [-0.1, -0.05) is 18.2 Å². The highest BCUT2D eigenvalue weighted by atomic mass is 16.6. The van der Waals surface area contributed by atoms with E-state index in [-0.39, 0.29) is 26.3 Å². The van der Waals surface area contributed by atoms with Crippen molar-refractivity contribution in [3.05, 3.63) is 30.3 Å². The highest BCUT2D eigenvalue weighted by Gasteiger charge is 2.03. The third-order valence-corrected chi connectivity index (χ3v) is 1.93. The molecular weight excluding hydrogens is 236 g/mol. The van der Waals surface area contributed by atoms with Crippen LogP contribution in [0.2, 0.25) is 0 Å². The summed E-state index contributed by atoms with van der Waals surface area (Å²) in [6.45, 7) is 0.349. The molecule has 0 aromatic heterocycles. The second-order valence-electron chi connectivity index (χ2n) is 3.45. The van der Waals surface area contributed by atoms with Gasteiger partial charge in [-0.3, -0.25) is 14.9 Å². The minimum absolute atomic E-state index is 0.0460. The summed E-state index contributed by atoms with van der Waals surface area (Å²) in [6, 6.07) is 9.23. The Labute approximate surface area is 105 Å². The molecule has 6 nitrogen and oxygen atoms in total. The standard InChI is InChI=1S/C12H16N2O4/c13-11(15)8-14-9-12(16)18-7-6-17-10-4-2-1-3-5-10/h1-5,14H,6-9H2,(H2,13,15). The normalized spacial score (nSPS) is 9.78. The molecule has 0 aliphatic rings. The number of carbonyl (C=O) groups is 2. The highest BCUT2D eigenvalue weighted by molar-refractivity contribution is 5.77. The Balaban J connectivity index is 2.04. The predicted octanol–water partition coefficient (Wildman–Crippen LogP) is -0.317. The summed E-state index contributed by atoms with van der Waals surface area (Å²) in [5.74, 6) is -0.247. The monoisotopic (exact) mass is 252 g/mol. The van der Waals surface area contributed by atoms with E-state index < -0.39 is 11.9 Å². The van der Waals surface area contributed by atoms with Crippen LogP contribution in [0, 0.1) is 0 Å². The molecule has 0 aliphatic carbocycles. The predicted molar refractivity (Wildman–Crippen MR) is 65.0 cm³/mol. The Morgan fingerprint density at radius 1 is 1.11 bits per heavy atom. The molecule has 0 saturated carbocycles. The summed E-state index contributed by atoms with van der Waals surface area (Å²) in [5, 5.41) is 2.55. The fourth-order valence-electron chi connectivity index (χ4n) is 1.17. The Morgan fingerprint density at radius 2 is 1.83 bits per heavy atom. The van der Waals surface area contributed by atoms with E-state index in [1.54, 1.807) is 0 Å². The average molecular weight is 252 g/mol. The largest absolute Gasteiger partial charge is 0.490 e. The van der Waals surface area contributed by atoms with E-state index in [4.69, 9.17) is 15.2 Å². The van der Waals surface area contributed by atoms with Crippen LogP contribution in [0.25, 0.3) is 0 Å². The number of esters is 1. The van der Waals surface area contributed by atoms with Gasteiger partial charge < -0.3 is 15.2 Å². The van der Waals surface area contributed by atoms with Crippen molar-refractivity contribution in [1.29, 1.82) is 0 Å². The van der Waals surface area contributed by atoms with Gasteiger partial charge in [-0.2, -0.15) is 0 Å². The number of hydrogen-bond acceptors (Lipinski definition) is 5. The fourth-order valence-corrected chi connectivity index (χ4v) is 1.17. The Hall–Kier alpha value is -2.08. The topological polar surface area (TPSA) is 90.7 Å². The van der Waals surface area contributed by atoms with Gasteiger partial charge in [0.25, 0.3) is 0 Å². The minimum Gasteiger partial charge on any atom is -0.490 e. The number of rotatable bonds is 8. The lowest BCUT2D eigenvalue weighted by Crippen LogP contribution is -2.33. The lowest BCUT2D eigenvalue weighted by atomic mass is 10.3. The molecule has 0 radical (unpaired) electrons. The first kappa shape index (κ1) is 14.0. The Bertz CT molecular complexity index is 381. The molecule has 0 aliphatic heterocycles. The van der Waals surface area contributed by atoms with Crippen LogP contribution in [0.1, 0.15) is 0 Å². The molecule has 18 heavy (non-hydrogen) atoms. The third-order valence-electron chi connectivity index (χ3n) is 1.93. The first-order valence-electron chi connectivity index (χ1n) is 5.51. The fraction of sp³-hybridized carbons (Fsp3) is 0.333. The summed E-state index contributed by atoms with van der Waals surface area (Å²) in [4.78, 5) is 21.5. The zero-order valence-electron chi connectivity index (χ0n) is 9.93. The second-order valence-corrected chi connectivity index (χ2v) is 3.45. The molecule has 0 fully saturated rings. The lowest BCUT2D eigenvalue weighted by Gasteiger charge is -2.07. The first-order chi connectivity index (χ1) is 8.68. The van der Waals surface area contributed by atoms with Crippen LogP contribution in [0.5, 0.6) is 5.75 Å². The Kier molecular flexibility index (Phi) is 6.27. The third kappa shape index (κ3) is 6.49. The quantitative estimate of drug-likeness (QED) is 0.489. The average Bonchev–Trinajstić information content (AvgIpc) is 2.35. The molecule has 0 bridgehead atoms. The number of nitrogens with two attached hydrogens (primary N) is 1. The molecular formula is C12H16N2O4. The van der Waals surface area contributed by atoms with Crippen LogP contribution in [-0.4, -0.2) is 38.2 Å². The van der Waals surface area contributed by atoms with Crippen LogP contribution in [0.4, 0.5) is 0 Å². The van der Waals surface area contributed by atoms with Crippen molar-refractivity contribution in [1.82, 2.24) is 5.32 Å². The van der Waals surface area contributed by atoms with E-state index in [9.17, 15) is 9.59 Å². The molecule has 1 aromatic rings. The van der Waals surface area contributed by atoms with E-state index in [1.165, 1.54) is 0 Å². The zero-order valence-corrected chi connectivity index (χ0v) is 9.93. The summed E-state index contributed by atoms with van der Waals surface area (Å²) >= 11 is 0. The first-order valence-corrected chi connectivity index (χ1v) is 5.51. The van der Waals surface area contributed by atoms with Gasteiger partial charge in [0.15, 0.2) is 0 Å². The number of nitrogens with one attached hydrogen (secondary N) is 1. The van der Waals surface area contributed by atoms with Crippen LogP contribution >= 0.6 is 0 Å². The van der Waals surface area contributed by atoms with Crippen LogP contribution in [0.3, 0.4) is 0 Å². The SMILES string of the molecule is NC(=O)CNCC(=O)OCCOc1ccccc1. The molecule has 1 rings (SSSR count). The molecule has 1 aromatic carbocycles. The van der Waals surface area contributed by atoms with Crippen molar-refractivity contribution >= 4 is 11.9 Å². The van der Waals surface area contributed by atoms with Gasteiger partial charge >= 0.3 is 5.97 Å². The molecule has 0 spiro atoms.